The molecule has 0 saturated carbocycles. The highest BCUT2D eigenvalue weighted by Gasteiger charge is 2.13. The van der Waals surface area contributed by atoms with Gasteiger partial charge >= 0.3 is 0 Å². The first-order chi connectivity index (χ1) is 16.1. The van der Waals surface area contributed by atoms with E-state index >= 15 is 0 Å². The Labute approximate surface area is 201 Å². The maximum absolute atomic E-state index is 2.30. The molecule has 2 heteroatoms. The van der Waals surface area contributed by atoms with Gasteiger partial charge in [-0.25, -0.2) is 0 Å². The van der Waals surface area contributed by atoms with Crippen molar-refractivity contribution in [1.82, 2.24) is 0 Å². The van der Waals surface area contributed by atoms with Gasteiger partial charge in [0, 0.05) is 35.5 Å². The molecule has 0 aliphatic carbocycles. The smallest absolute Gasteiger partial charge is 0.0463 e. The number of rotatable bonds is 5. The van der Waals surface area contributed by atoms with E-state index in [1.165, 1.54) is 16.8 Å². The van der Waals surface area contributed by atoms with Crippen LogP contribution in [0.2, 0.25) is 0 Å². The lowest BCUT2D eigenvalue weighted by Gasteiger charge is -2.27. The molecule has 0 aliphatic heterocycles. The van der Waals surface area contributed by atoms with Crippen molar-refractivity contribution in [2.24, 2.45) is 0 Å². The van der Waals surface area contributed by atoms with Crippen LogP contribution in [0.5, 0.6) is 0 Å². The molecule has 0 atom stereocenters. The van der Waals surface area contributed by atoms with E-state index < -0.39 is 0 Å². The van der Waals surface area contributed by atoms with Gasteiger partial charge in [-0.05, 0) is 74.5 Å². The third-order valence-corrected chi connectivity index (χ3v) is 5.22. The molecule has 0 amide bonds. The van der Waals surface area contributed by atoms with E-state index in [4.69, 9.17) is 0 Å². The second kappa shape index (κ2) is 13.1. The minimum atomic E-state index is 1.14. The molecule has 0 unspecified atom stereocenters. The van der Waals surface area contributed by atoms with E-state index in [2.05, 4.69) is 128 Å². The molecule has 2 nitrogen and oxygen atoms in total. The quantitative estimate of drug-likeness (QED) is 0.306. The summed E-state index contributed by atoms with van der Waals surface area (Å²) in [5, 5.41) is 0. The molecule has 0 spiro atoms. The molecule has 0 heterocycles. The Morgan fingerprint density at radius 2 is 0.697 bits per heavy atom. The van der Waals surface area contributed by atoms with Gasteiger partial charge in [-0.3, -0.25) is 0 Å². The summed E-state index contributed by atoms with van der Waals surface area (Å²) in [4.78, 5) is 4.50. The van der Waals surface area contributed by atoms with E-state index in [-0.39, 0.29) is 0 Å². The van der Waals surface area contributed by atoms with Gasteiger partial charge in [-0.2, -0.15) is 0 Å². The molecule has 33 heavy (non-hydrogen) atoms. The third-order valence-electron chi connectivity index (χ3n) is 5.22. The lowest BCUT2D eigenvalue weighted by Crippen LogP contribution is -2.11. The topological polar surface area (TPSA) is 6.48 Å². The zero-order chi connectivity index (χ0) is 24.2. The summed E-state index contributed by atoms with van der Waals surface area (Å²) in [5.74, 6) is 0. The fourth-order valence-corrected chi connectivity index (χ4v) is 3.46. The fraction of sp³-hybridized carbons (Fsp3) is 0.226. The van der Waals surface area contributed by atoms with Crippen molar-refractivity contribution in [3.63, 3.8) is 0 Å². The lowest BCUT2D eigenvalue weighted by atomic mass is 10.1. The monoisotopic (exact) mass is 438 g/mol. The van der Waals surface area contributed by atoms with E-state index in [1.54, 1.807) is 0 Å². The lowest BCUT2D eigenvalue weighted by molar-refractivity contribution is 1.20. The molecular formula is C31H38N2. The number of hydrogen-bond acceptors (Lipinski definition) is 2. The molecule has 0 saturated heterocycles. The molecule has 0 N–H and O–H groups in total. The van der Waals surface area contributed by atoms with Gasteiger partial charge in [-0.1, -0.05) is 81.3 Å². The number of anilines is 5. The van der Waals surface area contributed by atoms with Crippen LogP contribution in [0.1, 0.15) is 38.8 Å². The second-order valence-corrected chi connectivity index (χ2v) is 7.42. The number of benzene rings is 4. The van der Waals surface area contributed by atoms with Crippen LogP contribution in [-0.4, -0.2) is 7.05 Å². The Morgan fingerprint density at radius 3 is 1.09 bits per heavy atom. The highest BCUT2D eigenvalue weighted by Crippen LogP contribution is 2.36. The van der Waals surface area contributed by atoms with E-state index in [9.17, 15) is 0 Å². The van der Waals surface area contributed by atoms with Crippen LogP contribution in [-0.2, 0) is 0 Å². The molecule has 0 fully saturated rings. The summed E-state index contributed by atoms with van der Waals surface area (Å²) in [6.45, 7) is 12.2. The van der Waals surface area contributed by atoms with Crippen molar-refractivity contribution in [2.75, 3.05) is 16.8 Å². The molecule has 0 radical (unpaired) electrons. The Kier molecular flexibility index (Phi) is 10.2. The standard InChI is InChI=1S/C27H26N2.2C2H6/c1-21-9-13-25(14-10-21)29(26-15-11-22(2)12-16-26)27-19-17-24(18-20-27)28(3)23-7-5-4-6-8-23;2*1-2/h4-20H,1-3H3;2*1-2H3. The van der Waals surface area contributed by atoms with Gasteiger partial charge in [-0.15, -0.1) is 0 Å². The summed E-state index contributed by atoms with van der Waals surface area (Å²) in [6.07, 6.45) is 0. The van der Waals surface area contributed by atoms with Gasteiger partial charge in [0.25, 0.3) is 0 Å². The normalized spacial score (nSPS) is 9.67. The van der Waals surface area contributed by atoms with Crippen molar-refractivity contribution >= 4 is 28.4 Å². The van der Waals surface area contributed by atoms with Crippen molar-refractivity contribution in [3.05, 3.63) is 114 Å². The molecule has 0 aliphatic rings. The average molecular weight is 439 g/mol. The maximum Gasteiger partial charge on any atom is 0.0463 e. The van der Waals surface area contributed by atoms with E-state index in [0.717, 1.165) is 22.7 Å². The van der Waals surface area contributed by atoms with E-state index in [1.807, 2.05) is 33.8 Å². The predicted octanol–water partition coefficient (Wildman–Crippen LogP) is 9.59. The third kappa shape index (κ3) is 6.73. The van der Waals surface area contributed by atoms with Gasteiger partial charge in [0.05, 0.1) is 0 Å². The van der Waals surface area contributed by atoms with Crippen molar-refractivity contribution < 1.29 is 0 Å². The van der Waals surface area contributed by atoms with Crippen LogP contribution in [0.3, 0.4) is 0 Å². The first-order valence-corrected chi connectivity index (χ1v) is 11.9. The largest absolute Gasteiger partial charge is 0.345 e. The summed E-state index contributed by atoms with van der Waals surface area (Å²) in [6, 6.07) is 36.5. The van der Waals surface area contributed by atoms with Crippen LogP contribution in [0.15, 0.2) is 103 Å². The average Bonchev–Trinajstić information content (AvgIpc) is 2.89. The summed E-state index contributed by atoms with van der Waals surface area (Å²) in [7, 11) is 2.10. The SMILES string of the molecule is CC.CC.Cc1ccc(N(c2ccc(C)cc2)c2ccc(N(C)c3ccccc3)cc2)cc1. The highest BCUT2D eigenvalue weighted by atomic mass is 15.1. The van der Waals surface area contributed by atoms with Gasteiger partial charge in [0.1, 0.15) is 0 Å². The molecule has 0 aromatic heterocycles. The van der Waals surface area contributed by atoms with E-state index in [0.29, 0.717) is 0 Å². The molecule has 172 valence electrons. The van der Waals surface area contributed by atoms with Crippen LogP contribution in [0, 0.1) is 13.8 Å². The molecule has 0 bridgehead atoms. The summed E-state index contributed by atoms with van der Waals surface area (Å²) >= 11 is 0. The van der Waals surface area contributed by atoms with Gasteiger partial charge < -0.3 is 9.80 Å². The molecule has 4 aromatic rings. The fourth-order valence-electron chi connectivity index (χ4n) is 3.46. The Morgan fingerprint density at radius 1 is 0.394 bits per heavy atom. The summed E-state index contributed by atoms with van der Waals surface area (Å²) in [5.41, 5.74) is 8.31. The Balaban J connectivity index is 0.000000914. The number of nitrogens with zero attached hydrogens (tertiary/aromatic N) is 2. The number of aryl methyl sites for hydroxylation is 2. The van der Waals surface area contributed by atoms with Crippen molar-refractivity contribution in [1.29, 1.82) is 0 Å². The molecule has 4 aromatic carbocycles. The van der Waals surface area contributed by atoms with Gasteiger partial charge in [0.15, 0.2) is 0 Å². The Bertz CT molecular complexity index is 1010. The van der Waals surface area contributed by atoms with Crippen LogP contribution in [0.25, 0.3) is 0 Å². The number of para-hydroxylation sites is 1. The second-order valence-electron chi connectivity index (χ2n) is 7.42. The van der Waals surface area contributed by atoms with Crippen LogP contribution < -0.4 is 9.80 Å². The summed E-state index contributed by atoms with van der Waals surface area (Å²) < 4.78 is 0. The first kappa shape index (κ1) is 25.7. The highest BCUT2D eigenvalue weighted by molar-refractivity contribution is 5.78. The van der Waals surface area contributed by atoms with Gasteiger partial charge in [0.2, 0.25) is 0 Å². The van der Waals surface area contributed by atoms with Crippen molar-refractivity contribution in [3.8, 4) is 0 Å². The first-order valence-electron chi connectivity index (χ1n) is 11.9. The minimum absolute atomic E-state index is 1.14. The zero-order valence-electron chi connectivity index (χ0n) is 21.2. The van der Waals surface area contributed by atoms with Crippen molar-refractivity contribution in [2.45, 2.75) is 41.5 Å². The number of hydrogen-bond donors (Lipinski definition) is 0. The maximum atomic E-state index is 2.30. The predicted molar refractivity (Wildman–Crippen MR) is 148 cm³/mol. The molecule has 4 rings (SSSR count). The Hall–Kier alpha value is -3.52. The van der Waals surface area contributed by atoms with Crippen LogP contribution >= 0.6 is 0 Å². The zero-order valence-corrected chi connectivity index (χ0v) is 21.2. The van der Waals surface area contributed by atoms with Crippen LogP contribution in [0.4, 0.5) is 28.4 Å². The molecular weight excluding hydrogens is 400 g/mol. The minimum Gasteiger partial charge on any atom is -0.345 e.